The number of nitrogens with zero attached hydrogens (tertiary/aromatic N) is 2. The molecule has 1 aromatic carbocycles. The Hall–Kier alpha value is -1.42. The van der Waals surface area contributed by atoms with Gasteiger partial charge in [0.15, 0.2) is 6.29 Å². The molecule has 15 heavy (non-hydrogen) atoms. The van der Waals surface area contributed by atoms with Crippen LogP contribution in [0.25, 0.3) is 11.4 Å². The van der Waals surface area contributed by atoms with Gasteiger partial charge in [0.1, 0.15) is 11.5 Å². The second kappa shape index (κ2) is 3.98. The number of benzene rings is 1. The van der Waals surface area contributed by atoms with Crippen molar-refractivity contribution in [3.63, 3.8) is 0 Å². The molecule has 1 aromatic heterocycles. The van der Waals surface area contributed by atoms with Gasteiger partial charge in [-0.15, -0.1) is 0 Å². The highest BCUT2D eigenvalue weighted by molar-refractivity contribution is 9.10. The van der Waals surface area contributed by atoms with Crippen molar-refractivity contribution in [2.75, 3.05) is 0 Å². The molecule has 4 heteroatoms. The first-order valence-corrected chi connectivity index (χ1v) is 5.25. The summed E-state index contributed by atoms with van der Waals surface area (Å²) in [5.74, 6) is 0.782. The Morgan fingerprint density at radius 2 is 2.13 bits per heavy atom. The number of imidazole rings is 1. The second-order valence-corrected chi connectivity index (χ2v) is 4.02. The molecule has 0 N–H and O–H groups in total. The zero-order valence-electron chi connectivity index (χ0n) is 8.14. The van der Waals surface area contributed by atoms with Crippen LogP contribution in [0, 0.1) is 0 Å². The third-order valence-electron chi connectivity index (χ3n) is 2.26. The predicted octanol–water partition coefficient (Wildman–Crippen LogP) is 2.66. The van der Waals surface area contributed by atoms with E-state index in [2.05, 4.69) is 20.9 Å². The van der Waals surface area contributed by atoms with Crippen molar-refractivity contribution in [1.82, 2.24) is 9.55 Å². The van der Waals surface area contributed by atoms with Gasteiger partial charge in [-0.05, 0) is 6.07 Å². The average molecular weight is 265 g/mol. The molecule has 0 aliphatic heterocycles. The van der Waals surface area contributed by atoms with Crippen molar-refractivity contribution in [1.29, 1.82) is 0 Å². The molecule has 3 nitrogen and oxygen atoms in total. The molecule has 2 aromatic rings. The first-order chi connectivity index (χ1) is 7.24. The minimum absolute atomic E-state index is 0.570. The maximum Gasteiger partial charge on any atom is 0.168 e. The summed E-state index contributed by atoms with van der Waals surface area (Å²) in [6.07, 6.45) is 2.37. The molecule has 0 aliphatic rings. The number of carbonyl (C=O) groups excluding carboxylic acids is 1. The van der Waals surface area contributed by atoms with Gasteiger partial charge in [0.2, 0.25) is 0 Å². The number of hydrogen-bond donors (Lipinski definition) is 0. The summed E-state index contributed by atoms with van der Waals surface area (Å²) < 4.78 is 2.74. The van der Waals surface area contributed by atoms with Gasteiger partial charge < -0.3 is 4.57 Å². The number of halogens is 1. The van der Waals surface area contributed by atoms with Gasteiger partial charge in [-0.1, -0.05) is 34.1 Å². The van der Waals surface area contributed by atoms with E-state index in [9.17, 15) is 4.79 Å². The van der Waals surface area contributed by atoms with E-state index in [-0.39, 0.29) is 0 Å². The van der Waals surface area contributed by atoms with Crippen molar-refractivity contribution < 1.29 is 4.79 Å². The van der Waals surface area contributed by atoms with Gasteiger partial charge in [-0.2, -0.15) is 0 Å². The molecule has 0 spiro atoms. The van der Waals surface area contributed by atoms with Crippen molar-refractivity contribution in [3.05, 3.63) is 40.6 Å². The molecule has 0 amide bonds. The standard InChI is InChI=1S/C11H9BrN2O/c1-14-8(7-15)6-13-11(14)9-4-2-3-5-10(9)12/h2-7H,1H3. The summed E-state index contributed by atoms with van der Waals surface area (Å²) in [4.78, 5) is 14.9. The third kappa shape index (κ3) is 1.72. The molecule has 76 valence electrons. The molecular formula is C11H9BrN2O. The smallest absolute Gasteiger partial charge is 0.168 e. The van der Waals surface area contributed by atoms with Crippen molar-refractivity contribution in [3.8, 4) is 11.4 Å². The van der Waals surface area contributed by atoms with Crippen molar-refractivity contribution in [2.24, 2.45) is 7.05 Å². The molecular weight excluding hydrogens is 256 g/mol. The monoisotopic (exact) mass is 264 g/mol. The number of aromatic nitrogens is 2. The van der Waals surface area contributed by atoms with Gasteiger partial charge in [-0.25, -0.2) is 4.98 Å². The Morgan fingerprint density at radius 1 is 1.40 bits per heavy atom. The Labute approximate surface area is 95.9 Å². The maximum atomic E-state index is 10.7. The number of aldehydes is 1. The number of carbonyl (C=O) groups is 1. The van der Waals surface area contributed by atoms with E-state index in [1.165, 1.54) is 0 Å². The fourth-order valence-corrected chi connectivity index (χ4v) is 1.89. The molecule has 0 saturated heterocycles. The van der Waals surface area contributed by atoms with Crippen LogP contribution in [0.4, 0.5) is 0 Å². The number of hydrogen-bond acceptors (Lipinski definition) is 2. The van der Waals surface area contributed by atoms with E-state index in [1.54, 1.807) is 10.8 Å². The van der Waals surface area contributed by atoms with Crippen LogP contribution in [-0.4, -0.2) is 15.8 Å². The lowest BCUT2D eigenvalue weighted by atomic mass is 10.2. The molecule has 0 radical (unpaired) electrons. The molecule has 0 bridgehead atoms. The fourth-order valence-electron chi connectivity index (χ4n) is 1.43. The van der Waals surface area contributed by atoms with Crippen molar-refractivity contribution in [2.45, 2.75) is 0 Å². The molecule has 2 rings (SSSR count). The summed E-state index contributed by atoms with van der Waals surface area (Å²) in [5, 5.41) is 0. The predicted molar refractivity (Wildman–Crippen MR) is 61.7 cm³/mol. The normalized spacial score (nSPS) is 10.3. The molecule has 0 atom stereocenters. The van der Waals surface area contributed by atoms with E-state index in [1.807, 2.05) is 31.3 Å². The van der Waals surface area contributed by atoms with Crippen molar-refractivity contribution >= 4 is 22.2 Å². The largest absolute Gasteiger partial charge is 0.325 e. The Balaban J connectivity index is 2.59. The van der Waals surface area contributed by atoms with Gasteiger partial charge in [0.25, 0.3) is 0 Å². The Bertz CT molecular complexity index is 505. The highest BCUT2D eigenvalue weighted by Crippen LogP contribution is 2.26. The van der Waals surface area contributed by atoms with E-state index >= 15 is 0 Å². The molecule has 0 aliphatic carbocycles. The van der Waals surface area contributed by atoms with Gasteiger partial charge >= 0.3 is 0 Å². The lowest BCUT2D eigenvalue weighted by molar-refractivity contribution is 0.111. The van der Waals surface area contributed by atoms with E-state index in [4.69, 9.17) is 0 Å². The van der Waals surface area contributed by atoms with Gasteiger partial charge in [0, 0.05) is 17.1 Å². The minimum atomic E-state index is 0.570. The van der Waals surface area contributed by atoms with Crippen LogP contribution in [0.3, 0.4) is 0 Å². The topological polar surface area (TPSA) is 34.9 Å². The van der Waals surface area contributed by atoms with E-state index in [0.29, 0.717) is 5.69 Å². The SMILES string of the molecule is Cn1c(C=O)cnc1-c1ccccc1Br. The zero-order chi connectivity index (χ0) is 10.8. The highest BCUT2D eigenvalue weighted by Gasteiger charge is 2.09. The number of rotatable bonds is 2. The van der Waals surface area contributed by atoms with Gasteiger partial charge in [-0.3, -0.25) is 4.79 Å². The van der Waals surface area contributed by atoms with Crippen LogP contribution in [0.5, 0.6) is 0 Å². The summed E-state index contributed by atoms with van der Waals surface area (Å²) in [7, 11) is 1.82. The summed E-state index contributed by atoms with van der Waals surface area (Å²) >= 11 is 3.46. The molecule has 1 heterocycles. The summed E-state index contributed by atoms with van der Waals surface area (Å²) in [5.41, 5.74) is 1.55. The van der Waals surface area contributed by atoms with Crippen LogP contribution in [0.2, 0.25) is 0 Å². The molecule has 0 unspecified atom stereocenters. The lowest BCUT2D eigenvalue weighted by Gasteiger charge is -2.04. The average Bonchev–Trinajstić information content (AvgIpc) is 2.60. The third-order valence-corrected chi connectivity index (χ3v) is 2.95. The first kappa shape index (κ1) is 10.1. The summed E-state index contributed by atoms with van der Waals surface area (Å²) in [6.45, 7) is 0. The quantitative estimate of drug-likeness (QED) is 0.782. The first-order valence-electron chi connectivity index (χ1n) is 4.46. The van der Waals surface area contributed by atoms with E-state index < -0.39 is 0 Å². The van der Waals surface area contributed by atoms with Crippen LogP contribution in [0.1, 0.15) is 10.5 Å². The highest BCUT2D eigenvalue weighted by atomic mass is 79.9. The Kier molecular flexibility index (Phi) is 2.68. The minimum Gasteiger partial charge on any atom is -0.325 e. The van der Waals surface area contributed by atoms with Crippen LogP contribution >= 0.6 is 15.9 Å². The second-order valence-electron chi connectivity index (χ2n) is 3.16. The fraction of sp³-hybridized carbons (Fsp3) is 0.0909. The zero-order valence-corrected chi connectivity index (χ0v) is 9.73. The maximum absolute atomic E-state index is 10.7. The Morgan fingerprint density at radius 3 is 2.73 bits per heavy atom. The van der Waals surface area contributed by atoms with E-state index in [0.717, 1.165) is 22.1 Å². The molecule has 0 saturated carbocycles. The van der Waals surface area contributed by atoms with Crippen LogP contribution < -0.4 is 0 Å². The van der Waals surface area contributed by atoms with Gasteiger partial charge in [0.05, 0.1) is 6.20 Å². The lowest BCUT2D eigenvalue weighted by Crippen LogP contribution is -1.97. The van der Waals surface area contributed by atoms with Crippen LogP contribution in [-0.2, 0) is 7.05 Å². The molecule has 0 fully saturated rings. The summed E-state index contributed by atoms with van der Waals surface area (Å²) in [6, 6.07) is 7.79. The van der Waals surface area contributed by atoms with Crippen LogP contribution in [0.15, 0.2) is 34.9 Å².